The summed E-state index contributed by atoms with van der Waals surface area (Å²) in [5.41, 5.74) is 0.397. The van der Waals surface area contributed by atoms with Gasteiger partial charge in [-0.05, 0) is 36.8 Å². The predicted molar refractivity (Wildman–Crippen MR) is 68.7 cm³/mol. The van der Waals surface area contributed by atoms with Crippen LogP contribution in [0, 0.1) is 5.95 Å². The molecule has 0 amide bonds. The van der Waals surface area contributed by atoms with Crippen LogP contribution in [0.3, 0.4) is 0 Å². The van der Waals surface area contributed by atoms with Crippen molar-refractivity contribution in [3.05, 3.63) is 59.4 Å². The summed E-state index contributed by atoms with van der Waals surface area (Å²) in [5.74, 6) is -0.575. The molecule has 0 fully saturated rings. The lowest BCUT2D eigenvalue weighted by atomic mass is 10.1. The first-order valence-corrected chi connectivity index (χ1v) is 6.23. The van der Waals surface area contributed by atoms with Gasteiger partial charge in [-0.2, -0.15) is 17.6 Å². The highest BCUT2D eigenvalue weighted by molar-refractivity contribution is 5.18. The fraction of sp³-hybridized carbons (Fsp3) is 0.286. The molecule has 0 aliphatic rings. The first kappa shape index (κ1) is 15.4. The number of nitrogens with zero attached hydrogens (tertiary/aromatic N) is 2. The Morgan fingerprint density at radius 3 is 2.52 bits per heavy atom. The van der Waals surface area contributed by atoms with Gasteiger partial charge in [-0.1, -0.05) is 0 Å². The van der Waals surface area contributed by atoms with Crippen LogP contribution in [0.25, 0.3) is 0 Å². The van der Waals surface area contributed by atoms with E-state index in [1.54, 1.807) is 6.07 Å². The summed E-state index contributed by atoms with van der Waals surface area (Å²) in [6.45, 7) is 2.10. The van der Waals surface area contributed by atoms with Crippen molar-refractivity contribution in [2.24, 2.45) is 0 Å². The molecule has 2 aromatic rings. The molecule has 0 aliphatic carbocycles. The number of hydrogen-bond acceptors (Lipinski definition) is 3. The van der Waals surface area contributed by atoms with E-state index in [4.69, 9.17) is 0 Å². The Morgan fingerprint density at radius 2 is 1.95 bits per heavy atom. The maximum Gasteiger partial charge on any atom is 0.417 e. The maximum absolute atomic E-state index is 13.0. The molecule has 0 radical (unpaired) electrons. The molecule has 1 atom stereocenters. The molecule has 0 aromatic carbocycles. The highest BCUT2D eigenvalue weighted by Crippen LogP contribution is 2.28. The summed E-state index contributed by atoms with van der Waals surface area (Å²) in [6, 6.07) is 5.10. The number of alkyl halides is 3. The summed E-state index contributed by atoms with van der Waals surface area (Å²) in [7, 11) is 0. The second-order valence-corrected chi connectivity index (χ2v) is 4.55. The van der Waals surface area contributed by atoms with E-state index in [0.717, 1.165) is 12.3 Å². The molecular weight excluding hydrogens is 286 g/mol. The Balaban J connectivity index is 1.97. The summed E-state index contributed by atoms with van der Waals surface area (Å²) >= 11 is 0. The SMILES string of the molecule is CC(NCc1ccc(C(F)(F)F)cn1)c1ccnc(F)c1. The van der Waals surface area contributed by atoms with Crippen molar-refractivity contribution in [2.45, 2.75) is 25.7 Å². The minimum absolute atomic E-state index is 0.174. The van der Waals surface area contributed by atoms with Gasteiger partial charge in [-0.3, -0.25) is 4.98 Å². The molecule has 2 rings (SSSR count). The van der Waals surface area contributed by atoms with Gasteiger partial charge in [-0.15, -0.1) is 0 Å². The van der Waals surface area contributed by atoms with Crippen molar-refractivity contribution in [2.75, 3.05) is 0 Å². The van der Waals surface area contributed by atoms with E-state index in [1.807, 2.05) is 6.92 Å². The Bertz CT molecular complexity index is 596. The lowest BCUT2D eigenvalue weighted by Crippen LogP contribution is -2.19. The van der Waals surface area contributed by atoms with Crippen LogP contribution >= 0.6 is 0 Å². The van der Waals surface area contributed by atoms with Gasteiger partial charge in [0.2, 0.25) is 5.95 Å². The van der Waals surface area contributed by atoms with E-state index >= 15 is 0 Å². The lowest BCUT2D eigenvalue weighted by Gasteiger charge is -2.14. The van der Waals surface area contributed by atoms with Crippen molar-refractivity contribution < 1.29 is 17.6 Å². The third kappa shape index (κ3) is 4.22. The van der Waals surface area contributed by atoms with Gasteiger partial charge in [0.15, 0.2) is 0 Å². The van der Waals surface area contributed by atoms with Gasteiger partial charge in [0.05, 0.1) is 11.3 Å². The zero-order valence-corrected chi connectivity index (χ0v) is 11.2. The Morgan fingerprint density at radius 1 is 1.19 bits per heavy atom. The minimum atomic E-state index is -4.39. The molecule has 0 saturated heterocycles. The third-order valence-corrected chi connectivity index (χ3v) is 2.99. The molecule has 2 heterocycles. The third-order valence-electron chi connectivity index (χ3n) is 2.99. The molecule has 0 spiro atoms. The monoisotopic (exact) mass is 299 g/mol. The van der Waals surface area contributed by atoms with Gasteiger partial charge < -0.3 is 5.32 Å². The van der Waals surface area contributed by atoms with Crippen molar-refractivity contribution in [1.82, 2.24) is 15.3 Å². The zero-order chi connectivity index (χ0) is 15.5. The standard InChI is InChI=1S/C14H13F4N3/c1-9(10-4-5-19-13(15)6-10)20-8-12-3-2-11(7-21-12)14(16,17)18/h2-7,9,20H,8H2,1H3. The second kappa shape index (κ2) is 6.17. The van der Waals surface area contributed by atoms with Crippen molar-refractivity contribution >= 4 is 0 Å². The molecule has 112 valence electrons. The van der Waals surface area contributed by atoms with Crippen molar-refractivity contribution in [3.63, 3.8) is 0 Å². The largest absolute Gasteiger partial charge is 0.417 e. The molecule has 7 heteroatoms. The number of nitrogens with one attached hydrogen (secondary N) is 1. The number of pyridine rings is 2. The molecule has 1 N–H and O–H groups in total. The first-order valence-electron chi connectivity index (χ1n) is 6.23. The van der Waals surface area contributed by atoms with Gasteiger partial charge in [0, 0.05) is 25.0 Å². The van der Waals surface area contributed by atoms with Crippen LogP contribution in [0.2, 0.25) is 0 Å². The molecule has 0 saturated carbocycles. The molecule has 1 unspecified atom stereocenters. The summed E-state index contributed by atoms with van der Waals surface area (Å²) in [4.78, 5) is 7.22. The van der Waals surface area contributed by atoms with Crippen molar-refractivity contribution in [1.29, 1.82) is 0 Å². The highest BCUT2D eigenvalue weighted by Gasteiger charge is 2.30. The lowest BCUT2D eigenvalue weighted by molar-refractivity contribution is -0.137. The Labute approximate surface area is 119 Å². The van der Waals surface area contributed by atoms with Gasteiger partial charge in [-0.25, -0.2) is 4.98 Å². The number of rotatable bonds is 4. The predicted octanol–water partition coefficient (Wildman–Crippen LogP) is 3.49. The quantitative estimate of drug-likeness (QED) is 0.694. The molecule has 21 heavy (non-hydrogen) atoms. The molecule has 3 nitrogen and oxygen atoms in total. The van der Waals surface area contributed by atoms with Crippen LogP contribution in [0.1, 0.15) is 29.8 Å². The average molecular weight is 299 g/mol. The Kier molecular flexibility index (Phi) is 4.52. The molecule has 0 bridgehead atoms. The molecule has 0 aliphatic heterocycles. The highest BCUT2D eigenvalue weighted by atomic mass is 19.4. The first-order chi connectivity index (χ1) is 9.86. The van der Waals surface area contributed by atoms with Crippen molar-refractivity contribution in [3.8, 4) is 0 Å². The van der Waals surface area contributed by atoms with Crippen LogP contribution in [-0.2, 0) is 12.7 Å². The second-order valence-electron chi connectivity index (χ2n) is 4.55. The Hall–Kier alpha value is -2.02. The maximum atomic E-state index is 13.0. The van der Waals surface area contributed by atoms with E-state index in [-0.39, 0.29) is 12.6 Å². The van der Waals surface area contributed by atoms with E-state index < -0.39 is 17.7 Å². The van der Waals surface area contributed by atoms with E-state index in [0.29, 0.717) is 11.3 Å². The number of hydrogen-bond donors (Lipinski definition) is 1. The van der Waals surface area contributed by atoms with Gasteiger partial charge >= 0.3 is 6.18 Å². The van der Waals surface area contributed by atoms with Crippen LogP contribution in [0.15, 0.2) is 36.7 Å². The molecular formula is C14H13F4N3. The minimum Gasteiger partial charge on any atom is -0.305 e. The van der Waals surface area contributed by atoms with E-state index in [1.165, 1.54) is 18.3 Å². The number of aromatic nitrogens is 2. The van der Waals surface area contributed by atoms with E-state index in [9.17, 15) is 17.6 Å². The summed E-state index contributed by atoms with van der Waals surface area (Å²) < 4.78 is 50.2. The summed E-state index contributed by atoms with van der Waals surface area (Å²) in [5, 5.41) is 3.06. The molecule has 2 aromatic heterocycles. The normalized spacial score (nSPS) is 13.2. The van der Waals surface area contributed by atoms with Crippen LogP contribution in [0.4, 0.5) is 17.6 Å². The average Bonchev–Trinajstić information content (AvgIpc) is 2.44. The smallest absolute Gasteiger partial charge is 0.305 e. The van der Waals surface area contributed by atoms with Gasteiger partial charge in [0.1, 0.15) is 0 Å². The van der Waals surface area contributed by atoms with Crippen LogP contribution in [0.5, 0.6) is 0 Å². The van der Waals surface area contributed by atoms with Crippen LogP contribution < -0.4 is 5.32 Å². The van der Waals surface area contributed by atoms with Crippen LogP contribution in [-0.4, -0.2) is 9.97 Å². The zero-order valence-electron chi connectivity index (χ0n) is 11.2. The topological polar surface area (TPSA) is 37.8 Å². The summed E-state index contributed by atoms with van der Waals surface area (Å²) in [6.07, 6.45) is -2.23. The number of halogens is 4. The van der Waals surface area contributed by atoms with E-state index in [2.05, 4.69) is 15.3 Å². The fourth-order valence-electron chi connectivity index (χ4n) is 1.76. The fourth-order valence-corrected chi connectivity index (χ4v) is 1.76. The van der Waals surface area contributed by atoms with Gasteiger partial charge in [0.25, 0.3) is 0 Å².